The molecule has 0 saturated heterocycles. The maximum Gasteiger partial charge on any atom is 0.269 e. The molecule has 0 radical (unpaired) electrons. The van der Waals surface area contributed by atoms with Crippen LogP contribution < -0.4 is 21.8 Å². The van der Waals surface area contributed by atoms with Gasteiger partial charge in [-0.25, -0.2) is 48.7 Å². The van der Waals surface area contributed by atoms with E-state index in [-0.39, 0.29) is 29.8 Å². The molecule has 0 amide bonds. The SMILES string of the molecule is C.CC[C@H](Nc1ncnc2nc[nH]c12)c1nc2cccc(F)c2c(=O)n1-c1ccccc1.C[C@H](Nc1ncnc2nc[nH]c12)c1nc2ccc(F)cc2c(=O)n1-c1ccccc1. The van der Waals surface area contributed by atoms with Crippen molar-refractivity contribution in [1.82, 2.24) is 59.0 Å². The van der Waals surface area contributed by atoms with Gasteiger partial charge < -0.3 is 20.6 Å². The summed E-state index contributed by atoms with van der Waals surface area (Å²) in [5, 5.41) is 6.81. The lowest BCUT2D eigenvalue weighted by Gasteiger charge is -2.22. The lowest BCUT2D eigenvalue weighted by Crippen LogP contribution is -2.28. The van der Waals surface area contributed by atoms with Gasteiger partial charge in [0.15, 0.2) is 22.9 Å². The molecule has 0 spiro atoms. The van der Waals surface area contributed by atoms with Crippen LogP contribution in [0.2, 0.25) is 0 Å². The molecule has 2 atom stereocenters. The summed E-state index contributed by atoms with van der Waals surface area (Å²) in [5.41, 5.74) is 3.54. The predicted octanol–water partition coefficient (Wildman–Crippen LogP) is 7.75. The van der Waals surface area contributed by atoms with Crippen molar-refractivity contribution in [3.05, 3.63) is 166 Å². The monoisotopic (exact) mass is 832 g/mol. The fourth-order valence-corrected chi connectivity index (χ4v) is 7.09. The van der Waals surface area contributed by atoms with Crippen molar-refractivity contribution >= 4 is 55.8 Å². The van der Waals surface area contributed by atoms with Gasteiger partial charge in [0.25, 0.3) is 11.1 Å². The molecule has 6 aromatic heterocycles. The summed E-state index contributed by atoms with van der Waals surface area (Å²) in [6.07, 6.45) is 6.52. The fraction of sp³-hybridized carbons (Fsp3) is 0.136. The Balaban J connectivity index is 0.000000168. The van der Waals surface area contributed by atoms with Crippen molar-refractivity contribution in [2.75, 3.05) is 10.6 Å². The first-order valence-electron chi connectivity index (χ1n) is 19.1. The van der Waals surface area contributed by atoms with Crippen molar-refractivity contribution in [2.24, 2.45) is 0 Å². The third-order valence-corrected chi connectivity index (χ3v) is 9.98. The summed E-state index contributed by atoms with van der Waals surface area (Å²) >= 11 is 0. The van der Waals surface area contributed by atoms with Gasteiger partial charge in [0.2, 0.25) is 0 Å². The van der Waals surface area contributed by atoms with E-state index in [1.54, 1.807) is 30.6 Å². The number of hydrogen-bond acceptors (Lipinski definition) is 12. The van der Waals surface area contributed by atoms with E-state index in [0.717, 1.165) is 0 Å². The number of benzene rings is 4. The van der Waals surface area contributed by atoms with E-state index in [1.807, 2.05) is 62.4 Å². The molecule has 0 aliphatic carbocycles. The second-order valence-corrected chi connectivity index (χ2v) is 13.8. The zero-order valence-electron chi connectivity index (χ0n) is 32.5. The molecule has 0 bridgehead atoms. The number of H-pyrrole nitrogens is 2. The molecule has 6 heterocycles. The number of nitrogens with zero attached hydrogens (tertiary/aromatic N) is 10. The average molecular weight is 833 g/mol. The molecular formula is C44H38F2N14O2. The Bertz CT molecular complexity index is 3320. The number of halogens is 2. The topological polar surface area (TPSA) is 203 Å². The Morgan fingerprint density at radius 2 is 1.23 bits per heavy atom. The third-order valence-electron chi connectivity index (χ3n) is 9.98. The summed E-state index contributed by atoms with van der Waals surface area (Å²) in [6, 6.07) is 25.9. The van der Waals surface area contributed by atoms with Gasteiger partial charge in [-0.1, -0.05) is 56.8 Å². The minimum Gasteiger partial charge on any atom is -0.358 e. The molecule has 0 aliphatic heterocycles. The van der Waals surface area contributed by atoms with E-state index in [1.165, 1.54) is 52.4 Å². The molecule has 0 aliphatic rings. The van der Waals surface area contributed by atoms with Crippen LogP contribution in [0, 0.1) is 11.6 Å². The van der Waals surface area contributed by atoms with Crippen LogP contribution in [-0.2, 0) is 0 Å². The first-order valence-corrected chi connectivity index (χ1v) is 19.1. The zero-order chi connectivity index (χ0) is 42.0. The van der Waals surface area contributed by atoms with Gasteiger partial charge in [-0.2, -0.15) is 0 Å². The van der Waals surface area contributed by atoms with Crippen molar-refractivity contribution in [3.8, 4) is 11.4 Å². The fourth-order valence-electron chi connectivity index (χ4n) is 7.09. The van der Waals surface area contributed by atoms with Gasteiger partial charge in [0.1, 0.15) is 52.4 Å². The standard InChI is InChI=1S/C22H18FN7O.C21H16FN7O.CH4/c1-2-15(28-20-18-19(25-11-24-18)26-12-27-20)21-29-16-10-6-9-14(23)17(16)22(31)30(21)13-7-4-3-5-8-13;1-12(27-19-17-18(24-10-23-17)25-11-26-19)20-28-16-8-7-13(22)9-15(16)21(30)29(20)14-5-3-2-4-6-14;/h3-12,15H,2H2,1H3,(H2,24,25,26,27,28);2-12H,1H3,(H2,23,24,25,26,27);1H4/t15-;12-;/m00./s1. The molecular weight excluding hydrogens is 795 g/mol. The van der Waals surface area contributed by atoms with Gasteiger partial charge in [0.05, 0.1) is 52.5 Å². The van der Waals surface area contributed by atoms with Crippen LogP contribution in [-0.4, -0.2) is 59.0 Å². The van der Waals surface area contributed by atoms with Gasteiger partial charge in [-0.05, 0) is 67.9 Å². The second kappa shape index (κ2) is 17.1. The summed E-state index contributed by atoms with van der Waals surface area (Å²) in [5.74, 6) is 0.935. The molecule has 4 N–H and O–H groups in total. The Morgan fingerprint density at radius 3 is 1.84 bits per heavy atom. The van der Waals surface area contributed by atoms with Crippen molar-refractivity contribution < 1.29 is 8.78 Å². The highest BCUT2D eigenvalue weighted by Gasteiger charge is 2.24. The predicted molar refractivity (Wildman–Crippen MR) is 233 cm³/mol. The van der Waals surface area contributed by atoms with Gasteiger partial charge in [-0.15, -0.1) is 0 Å². The first kappa shape index (κ1) is 40.5. The van der Waals surface area contributed by atoms with Crippen LogP contribution in [0.5, 0.6) is 0 Å². The van der Waals surface area contributed by atoms with Crippen molar-refractivity contribution in [3.63, 3.8) is 0 Å². The Labute approximate surface area is 350 Å². The average Bonchev–Trinajstić information content (AvgIpc) is 3.98. The summed E-state index contributed by atoms with van der Waals surface area (Å²) in [4.78, 5) is 67.3. The van der Waals surface area contributed by atoms with Crippen molar-refractivity contribution in [2.45, 2.75) is 39.8 Å². The maximum absolute atomic E-state index is 14.5. The molecule has 10 rings (SSSR count). The molecule has 0 fully saturated rings. The van der Waals surface area contributed by atoms with Crippen LogP contribution in [0.4, 0.5) is 20.4 Å². The van der Waals surface area contributed by atoms with Crippen LogP contribution >= 0.6 is 0 Å². The maximum atomic E-state index is 14.5. The molecule has 310 valence electrons. The number of para-hydroxylation sites is 2. The third kappa shape index (κ3) is 7.55. The van der Waals surface area contributed by atoms with E-state index in [4.69, 9.17) is 4.98 Å². The largest absolute Gasteiger partial charge is 0.358 e. The molecule has 10 aromatic rings. The van der Waals surface area contributed by atoms with E-state index in [9.17, 15) is 18.4 Å². The Kier molecular flexibility index (Phi) is 11.2. The van der Waals surface area contributed by atoms with E-state index in [2.05, 4.69) is 55.5 Å². The number of nitrogens with one attached hydrogen (secondary N) is 4. The van der Waals surface area contributed by atoms with Gasteiger partial charge in [-0.3, -0.25) is 18.7 Å². The zero-order valence-corrected chi connectivity index (χ0v) is 32.5. The lowest BCUT2D eigenvalue weighted by atomic mass is 10.1. The van der Waals surface area contributed by atoms with E-state index >= 15 is 0 Å². The summed E-state index contributed by atoms with van der Waals surface area (Å²) in [6.45, 7) is 3.85. The minimum absolute atomic E-state index is 0. The Morgan fingerprint density at radius 1 is 0.645 bits per heavy atom. The smallest absolute Gasteiger partial charge is 0.269 e. The highest BCUT2D eigenvalue weighted by atomic mass is 19.1. The number of fused-ring (bicyclic) bond motifs is 4. The van der Waals surface area contributed by atoms with Crippen molar-refractivity contribution in [1.29, 1.82) is 0 Å². The Hall–Kier alpha value is -8.28. The van der Waals surface area contributed by atoms with Crippen LogP contribution in [0.15, 0.2) is 132 Å². The molecule has 4 aromatic carbocycles. The second-order valence-electron chi connectivity index (χ2n) is 13.8. The molecule has 16 nitrogen and oxygen atoms in total. The molecule has 0 saturated carbocycles. The number of anilines is 2. The molecule has 18 heteroatoms. The number of imidazole rings is 2. The summed E-state index contributed by atoms with van der Waals surface area (Å²) < 4.78 is 31.3. The number of aromatic nitrogens is 12. The number of rotatable bonds is 9. The van der Waals surface area contributed by atoms with Crippen LogP contribution in [0.25, 0.3) is 55.5 Å². The number of aromatic amines is 2. The van der Waals surface area contributed by atoms with Crippen LogP contribution in [0.3, 0.4) is 0 Å². The highest BCUT2D eigenvalue weighted by molar-refractivity contribution is 5.83. The quantitative estimate of drug-likeness (QED) is 0.110. The van der Waals surface area contributed by atoms with E-state index in [0.29, 0.717) is 74.4 Å². The van der Waals surface area contributed by atoms with Gasteiger partial charge >= 0.3 is 0 Å². The normalized spacial score (nSPS) is 12.1. The molecule has 0 unspecified atom stereocenters. The number of hydrogen-bond donors (Lipinski definition) is 4. The highest BCUT2D eigenvalue weighted by Crippen LogP contribution is 2.27. The van der Waals surface area contributed by atoms with E-state index < -0.39 is 23.2 Å². The minimum atomic E-state index is -0.595. The van der Waals surface area contributed by atoms with Gasteiger partial charge in [0, 0.05) is 0 Å². The molecule has 62 heavy (non-hydrogen) atoms. The lowest BCUT2D eigenvalue weighted by molar-refractivity contribution is 0.628. The first-order chi connectivity index (χ1) is 29.8. The summed E-state index contributed by atoms with van der Waals surface area (Å²) in [7, 11) is 0. The van der Waals surface area contributed by atoms with Crippen LogP contribution in [0.1, 0.15) is 51.4 Å².